The average Bonchev–Trinajstić information content (AvgIpc) is 3.39. The van der Waals surface area contributed by atoms with Crippen LogP contribution >= 0.6 is 0 Å². The summed E-state index contributed by atoms with van der Waals surface area (Å²) in [5.41, 5.74) is 4.85. The minimum Gasteiger partial charge on any atom is -0.508 e. The van der Waals surface area contributed by atoms with Crippen LogP contribution in [0.4, 0.5) is 0 Å². The number of oxime groups is 1. The lowest BCUT2D eigenvalue weighted by Gasteiger charge is -2.28. The molecule has 0 amide bonds. The van der Waals surface area contributed by atoms with Gasteiger partial charge < -0.3 is 24.2 Å². The Hall–Kier alpha value is -5.12. The Labute approximate surface area is 224 Å². The number of rotatable bonds is 7. The van der Waals surface area contributed by atoms with Gasteiger partial charge in [-0.1, -0.05) is 23.4 Å². The lowest BCUT2D eigenvalue weighted by atomic mass is 9.84. The van der Waals surface area contributed by atoms with Gasteiger partial charge in [0.25, 0.3) is 0 Å². The summed E-state index contributed by atoms with van der Waals surface area (Å²) in [7, 11) is 3.26. The van der Waals surface area contributed by atoms with Crippen LogP contribution in [0.3, 0.4) is 0 Å². The largest absolute Gasteiger partial charge is 0.508 e. The van der Waals surface area contributed by atoms with Gasteiger partial charge in [-0.05, 0) is 60.5 Å². The average molecular weight is 524 g/mol. The minimum atomic E-state index is -0.264. The number of ether oxygens (including phenoxy) is 3. The molecule has 10 nitrogen and oxygen atoms in total. The molecule has 0 saturated heterocycles. The molecule has 10 heteroatoms. The first-order valence-corrected chi connectivity index (χ1v) is 12.2. The molecule has 1 unspecified atom stereocenters. The fraction of sp³-hybridized carbons (Fsp3) is 0.172. The molecule has 0 radical (unpaired) electrons. The van der Waals surface area contributed by atoms with E-state index in [9.17, 15) is 5.11 Å². The summed E-state index contributed by atoms with van der Waals surface area (Å²) in [5, 5.41) is 18.9. The Morgan fingerprint density at radius 3 is 2.44 bits per heavy atom. The van der Waals surface area contributed by atoms with E-state index < -0.39 is 0 Å². The highest BCUT2D eigenvalue weighted by atomic mass is 16.6. The number of phenols is 1. The van der Waals surface area contributed by atoms with Gasteiger partial charge in [-0.15, -0.1) is 5.10 Å². The summed E-state index contributed by atoms with van der Waals surface area (Å²) in [6.45, 7) is 1.94. The smallest absolute Gasteiger partial charge is 0.228 e. The van der Waals surface area contributed by atoms with Crippen LogP contribution in [-0.4, -0.2) is 44.6 Å². The van der Waals surface area contributed by atoms with Crippen molar-refractivity contribution in [3.63, 3.8) is 0 Å². The van der Waals surface area contributed by atoms with Crippen molar-refractivity contribution in [1.82, 2.24) is 19.6 Å². The molecule has 1 aliphatic heterocycles. The molecular formula is C29H25N5O5. The van der Waals surface area contributed by atoms with Gasteiger partial charge in [0, 0.05) is 17.5 Å². The van der Waals surface area contributed by atoms with E-state index in [1.54, 1.807) is 37.2 Å². The number of aromatic hydroxyl groups is 1. The Balaban J connectivity index is 1.34. The fourth-order valence-corrected chi connectivity index (χ4v) is 4.62. The first-order chi connectivity index (χ1) is 19.0. The van der Waals surface area contributed by atoms with E-state index in [0.29, 0.717) is 28.8 Å². The van der Waals surface area contributed by atoms with Crippen LogP contribution in [0.15, 0.2) is 78.2 Å². The third kappa shape index (κ3) is 4.56. The highest BCUT2D eigenvalue weighted by Crippen LogP contribution is 2.48. The summed E-state index contributed by atoms with van der Waals surface area (Å²) in [4.78, 5) is 14.9. The molecule has 5 aromatic rings. The van der Waals surface area contributed by atoms with Crippen molar-refractivity contribution in [2.45, 2.75) is 19.4 Å². The lowest BCUT2D eigenvalue weighted by Crippen LogP contribution is -2.15. The SMILES string of the molecule is COc1ccc(/C(C)=N/OCc2nc3c4c(ncn3n2)Oc2cc(O)ccc2C4c2ccc(OC)cc2)cc1. The molecule has 0 fully saturated rings. The first-order valence-electron chi connectivity index (χ1n) is 12.2. The Morgan fingerprint density at radius 2 is 1.72 bits per heavy atom. The summed E-state index contributed by atoms with van der Waals surface area (Å²) < 4.78 is 18.3. The van der Waals surface area contributed by atoms with Gasteiger partial charge in [-0.2, -0.15) is 0 Å². The van der Waals surface area contributed by atoms with Crippen LogP contribution < -0.4 is 14.2 Å². The third-order valence-corrected chi connectivity index (χ3v) is 6.59. The molecule has 6 rings (SSSR count). The highest BCUT2D eigenvalue weighted by molar-refractivity contribution is 5.98. The highest BCUT2D eigenvalue weighted by Gasteiger charge is 2.33. The van der Waals surface area contributed by atoms with E-state index in [-0.39, 0.29) is 18.3 Å². The van der Waals surface area contributed by atoms with Crippen molar-refractivity contribution >= 4 is 11.4 Å². The maximum Gasteiger partial charge on any atom is 0.228 e. The topological polar surface area (TPSA) is 113 Å². The molecule has 0 bridgehead atoms. The number of aromatic nitrogens is 4. The fourth-order valence-electron chi connectivity index (χ4n) is 4.62. The third-order valence-electron chi connectivity index (χ3n) is 6.59. The Kier molecular flexibility index (Phi) is 6.20. The number of phenolic OH excluding ortho intramolecular Hbond substituents is 1. The van der Waals surface area contributed by atoms with Crippen LogP contribution in [0, 0.1) is 0 Å². The monoisotopic (exact) mass is 523 g/mol. The van der Waals surface area contributed by atoms with Crippen molar-refractivity contribution in [3.8, 4) is 28.9 Å². The number of nitrogens with zero attached hydrogens (tertiary/aromatic N) is 5. The number of hydrogen-bond donors (Lipinski definition) is 1. The second kappa shape index (κ2) is 9.97. The molecule has 196 valence electrons. The van der Waals surface area contributed by atoms with Gasteiger partial charge in [0.1, 0.15) is 29.3 Å². The maximum atomic E-state index is 10.1. The summed E-state index contributed by atoms with van der Waals surface area (Å²) >= 11 is 0. The zero-order chi connectivity index (χ0) is 26.9. The lowest BCUT2D eigenvalue weighted by molar-refractivity contribution is 0.125. The van der Waals surface area contributed by atoms with Gasteiger partial charge in [0.05, 0.1) is 25.5 Å². The summed E-state index contributed by atoms with van der Waals surface area (Å²) in [6.07, 6.45) is 1.55. The number of methoxy groups -OCH3 is 2. The van der Waals surface area contributed by atoms with Gasteiger partial charge in [0.2, 0.25) is 5.88 Å². The van der Waals surface area contributed by atoms with Crippen molar-refractivity contribution < 1.29 is 24.2 Å². The molecule has 3 heterocycles. The molecule has 0 spiro atoms. The quantitative estimate of drug-likeness (QED) is 0.228. The van der Waals surface area contributed by atoms with Gasteiger partial charge in [-0.25, -0.2) is 14.5 Å². The molecule has 2 aromatic heterocycles. The van der Waals surface area contributed by atoms with Crippen molar-refractivity contribution in [2.75, 3.05) is 14.2 Å². The predicted molar refractivity (Wildman–Crippen MR) is 143 cm³/mol. The van der Waals surface area contributed by atoms with Crippen LogP contribution in [0.2, 0.25) is 0 Å². The molecule has 0 saturated carbocycles. The van der Waals surface area contributed by atoms with Crippen molar-refractivity contribution in [1.29, 1.82) is 0 Å². The van der Waals surface area contributed by atoms with E-state index in [1.807, 2.05) is 61.5 Å². The van der Waals surface area contributed by atoms with Crippen molar-refractivity contribution in [3.05, 3.63) is 101 Å². The van der Waals surface area contributed by atoms with E-state index in [0.717, 1.165) is 33.8 Å². The van der Waals surface area contributed by atoms with Crippen LogP contribution in [-0.2, 0) is 11.4 Å². The Bertz CT molecular complexity index is 1680. The molecule has 0 aliphatic carbocycles. The minimum absolute atomic E-state index is 0.0719. The molecule has 39 heavy (non-hydrogen) atoms. The predicted octanol–water partition coefficient (Wildman–Crippen LogP) is 5.07. The maximum absolute atomic E-state index is 10.1. The molecule has 1 atom stereocenters. The summed E-state index contributed by atoms with van der Waals surface area (Å²) in [6, 6.07) is 20.5. The normalized spacial score (nSPS) is 14.3. The number of fused-ring (bicyclic) bond motifs is 4. The zero-order valence-corrected chi connectivity index (χ0v) is 21.5. The second-order valence-electron chi connectivity index (χ2n) is 8.97. The van der Waals surface area contributed by atoms with Crippen LogP contribution in [0.5, 0.6) is 28.9 Å². The molecule has 1 aliphatic rings. The van der Waals surface area contributed by atoms with E-state index in [2.05, 4.69) is 15.2 Å². The van der Waals surface area contributed by atoms with Crippen molar-refractivity contribution in [2.24, 2.45) is 5.16 Å². The zero-order valence-electron chi connectivity index (χ0n) is 21.5. The van der Waals surface area contributed by atoms with Crippen LogP contribution in [0.1, 0.15) is 40.9 Å². The van der Waals surface area contributed by atoms with Gasteiger partial charge in [-0.3, -0.25) is 0 Å². The number of hydrogen-bond acceptors (Lipinski definition) is 9. The van der Waals surface area contributed by atoms with E-state index in [1.165, 1.54) is 0 Å². The van der Waals surface area contributed by atoms with E-state index >= 15 is 0 Å². The first kappa shape index (κ1) is 24.2. The van der Waals surface area contributed by atoms with E-state index in [4.69, 9.17) is 24.0 Å². The second-order valence-corrected chi connectivity index (χ2v) is 8.97. The molecule has 1 N–H and O–H groups in total. The van der Waals surface area contributed by atoms with Gasteiger partial charge >= 0.3 is 0 Å². The molecule has 3 aromatic carbocycles. The molecular weight excluding hydrogens is 498 g/mol. The standard InChI is InChI=1S/C29H25N5O5/c1-17(18-4-9-21(36-2)10-5-18)33-38-15-25-31-28-27-26(19-6-11-22(37-3)12-7-19)23-13-8-20(35)14-24(23)39-29(27)30-16-34(28)32-25/h4-14,16,26,35H,15H2,1-3H3/b33-17+. The van der Waals surface area contributed by atoms with Crippen LogP contribution in [0.25, 0.3) is 5.65 Å². The van der Waals surface area contributed by atoms with Gasteiger partial charge in [0.15, 0.2) is 18.1 Å². The Morgan fingerprint density at radius 1 is 1.00 bits per heavy atom. The number of benzene rings is 3. The summed E-state index contributed by atoms with van der Waals surface area (Å²) in [5.74, 6) is 2.75.